The van der Waals surface area contributed by atoms with E-state index in [1.54, 1.807) is 4.90 Å². The largest absolute Gasteiger partial charge is 0.417 e. The minimum absolute atomic E-state index is 0.105. The van der Waals surface area contributed by atoms with Crippen LogP contribution in [0.4, 0.5) is 27.8 Å². The van der Waals surface area contributed by atoms with E-state index in [1.807, 2.05) is 0 Å². The average molecular weight is 407 g/mol. The molecule has 1 aromatic carbocycles. The van der Waals surface area contributed by atoms with Crippen LogP contribution in [0.15, 0.2) is 41.4 Å². The molecular formula is C16H14F5N3O2S. The van der Waals surface area contributed by atoms with Gasteiger partial charge in [-0.25, -0.2) is 26.9 Å². The summed E-state index contributed by atoms with van der Waals surface area (Å²) < 4.78 is 92.0. The molecule has 0 amide bonds. The predicted molar refractivity (Wildman–Crippen MR) is 86.5 cm³/mol. The first-order valence-electron chi connectivity index (χ1n) is 7.82. The maximum absolute atomic E-state index is 13.7. The van der Waals surface area contributed by atoms with Gasteiger partial charge < -0.3 is 4.90 Å². The van der Waals surface area contributed by atoms with Crippen molar-refractivity contribution >= 4 is 15.8 Å². The average Bonchev–Trinajstić information content (AvgIpc) is 3.01. The normalized spacial score (nSPS) is 18.1. The number of aromatic nitrogens is 1. The third-order valence-electron chi connectivity index (χ3n) is 4.10. The van der Waals surface area contributed by atoms with Gasteiger partial charge in [0.05, 0.1) is 5.56 Å². The number of pyridine rings is 1. The smallest absolute Gasteiger partial charge is 0.355 e. The van der Waals surface area contributed by atoms with Crippen LogP contribution in [0.5, 0.6) is 0 Å². The highest BCUT2D eigenvalue weighted by Crippen LogP contribution is 2.30. The second-order valence-electron chi connectivity index (χ2n) is 6.01. The van der Waals surface area contributed by atoms with Gasteiger partial charge in [-0.2, -0.15) is 13.2 Å². The number of benzene rings is 1. The Hall–Kier alpha value is -2.27. The van der Waals surface area contributed by atoms with Gasteiger partial charge in [-0.3, -0.25) is 0 Å². The number of nitrogens with one attached hydrogen (secondary N) is 1. The highest BCUT2D eigenvalue weighted by Gasteiger charge is 2.33. The molecule has 1 N–H and O–H groups in total. The molecule has 1 unspecified atom stereocenters. The highest BCUT2D eigenvalue weighted by molar-refractivity contribution is 7.89. The van der Waals surface area contributed by atoms with Crippen LogP contribution in [0, 0.1) is 11.6 Å². The first-order valence-corrected chi connectivity index (χ1v) is 9.31. The maximum Gasteiger partial charge on any atom is 0.417 e. The molecule has 11 heteroatoms. The van der Waals surface area contributed by atoms with Crippen molar-refractivity contribution in [3.05, 3.63) is 53.7 Å². The number of hydrogen-bond acceptors (Lipinski definition) is 4. The third-order valence-corrected chi connectivity index (χ3v) is 5.67. The molecule has 1 atom stereocenters. The van der Waals surface area contributed by atoms with Gasteiger partial charge in [-0.1, -0.05) is 6.07 Å². The number of halogens is 5. The number of alkyl halides is 3. The molecule has 3 rings (SSSR count). The van der Waals surface area contributed by atoms with Crippen molar-refractivity contribution in [1.82, 2.24) is 9.71 Å². The predicted octanol–water partition coefficient (Wildman–Crippen LogP) is 2.94. The van der Waals surface area contributed by atoms with Gasteiger partial charge in [0.15, 0.2) is 4.90 Å². The number of rotatable bonds is 4. The quantitative estimate of drug-likeness (QED) is 0.792. The molecule has 1 saturated heterocycles. The molecule has 0 bridgehead atoms. The van der Waals surface area contributed by atoms with E-state index in [0.29, 0.717) is 19.2 Å². The van der Waals surface area contributed by atoms with E-state index in [1.165, 1.54) is 6.07 Å². The van der Waals surface area contributed by atoms with E-state index >= 15 is 0 Å². The zero-order chi connectivity index (χ0) is 19.8. The van der Waals surface area contributed by atoms with Crippen molar-refractivity contribution in [3.63, 3.8) is 0 Å². The number of anilines is 1. The van der Waals surface area contributed by atoms with Gasteiger partial charge in [0.1, 0.15) is 17.5 Å². The molecule has 5 nitrogen and oxygen atoms in total. The van der Waals surface area contributed by atoms with Gasteiger partial charge >= 0.3 is 6.18 Å². The molecule has 0 saturated carbocycles. The van der Waals surface area contributed by atoms with E-state index in [4.69, 9.17) is 0 Å². The molecule has 146 valence electrons. The van der Waals surface area contributed by atoms with Gasteiger partial charge in [-0.15, -0.1) is 0 Å². The molecule has 0 aliphatic carbocycles. The monoisotopic (exact) mass is 407 g/mol. The van der Waals surface area contributed by atoms with E-state index < -0.39 is 44.3 Å². The molecular weight excluding hydrogens is 393 g/mol. The third kappa shape index (κ3) is 4.19. The minimum Gasteiger partial charge on any atom is -0.355 e. The van der Waals surface area contributed by atoms with Crippen LogP contribution in [0.1, 0.15) is 12.0 Å². The molecule has 0 spiro atoms. The number of hydrogen-bond donors (Lipinski definition) is 1. The fourth-order valence-electron chi connectivity index (χ4n) is 2.82. The lowest BCUT2D eigenvalue weighted by Crippen LogP contribution is -2.38. The minimum atomic E-state index is -4.50. The Morgan fingerprint density at radius 3 is 2.33 bits per heavy atom. The number of sulfonamides is 1. The van der Waals surface area contributed by atoms with E-state index in [2.05, 4.69) is 9.71 Å². The van der Waals surface area contributed by atoms with Crippen LogP contribution in [0.3, 0.4) is 0 Å². The van der Waals surface area contributed by atoms with Crippen molar-refractivity contribution in [2.75, 3.05) is 18.0 Å². The lowest BCUT2D eigenvalue weighted by molar-refractivity contribution is -0.137. The lowest BCUT2D eigenvalue weighted by Gasteiger charge is -2.18. The summed E-state index contributed by atoms with van der Waals surface area (Å²) in [6, 6.07) is 4.13. The summed E-state index contributed by atoms with van der Waals surface area (Å²) in [5, 5.41) is 0. The molecule has 1 aromatic heterocycles. The van der Waals surface area contributed by atoms with Gasteiger partial charge in [0.25, 0.3) is 0 Å². The zero-order valence-electron chi connectivity index (χ0n) is 13.7. The summed E-state index contributed by atoms with van der Waals surface area (Å²) >= 11 is 0. The Balaban J connectivity index is 1.71. The second-order valence-corrected chi connectivity index (χ2v) is 7.66. The molecule has 27 heavy (non-hydrogen) atoms. The van der Waals surface area contributed by atoms with Crippen LogP contribution in [-0.4, -0.2) is 32.5 Å². The second kappa shape index (κ2) is 7.04. The number of nitrogens with zero attached hydrogens (tertiary/aromatic N) is 2. The Bertz CT molecular complexity index is 912. The van der Waals surface area contributed by atoms with Gasteiger partial charge in [0.2, 0.25) is 10.0 Å². The Kier molecular flexibility index (Phi) is 5.08. The van der Waals surface area contributed by atoms with Crippen LogP contribution in [0.2, 0.25) is 0 Å². The molecule has 1 aliphatic heterocycles. The van der Waals surface area contributed by atoms with Crippen LogP contribution < -0.4 is 9.62 Å². The van der Waals surface area contributed by atoms with Crippen molar-refractivity contribution in [1.29, 1.82) is 0 Å². The van der Waals surface area contributed by atoms with E-state index in [9.17, 15) is 30.4 Å². The topological polar surface area (TPSA) is 62.3 Å². The van der Waals surface area contributed by atoms with Crippen LogP contribution >= 0.6 is 0 Å². The van der Waals surface area contributed by atoms with Gasteiger partial charge in [0, 0.05) is 25.3 Å². The summed E-state index contributed by atoms with van der Waals surface area (Å²) in [7, 11) is -4.43. The summed E-state index contributed by atoms with van der Waals surface area (Å²) in [5.41, 5.74) is -0.891. The van der Waals surface area contributed by atoms with Crippen molar-refractivity contribution in [2.45, 2.75) is 23.5 Å². The molecule has 2 heterocycles. The SMILES string of the molecule is O=S(=O)(NC1CCN(c2ccc(C(F)(F)F)cn2)C1)c1c(F)cccc1F. The summed E-state index contributed by atoms with van der Waals surface area (Å²) in [5.74, 6) is -2.16. The Morgan fingerprint density at radius 1 is 1.11 bits per heavy atom. The van der Waals surface area contributed by atoms with Crippen molar-refractivity contribution in [2.24, 2.45) is 0 Å². The van der Waals surface area contributed by atoms with Gasteiger partial charge in [-0.05, 0) is 30.7 Å². The molecule has 0 radical (unpaired) electrons. The van der Waals surface area contributed by atoms with Crippen molar-refractivity contribution in [3.8, 4) is 0 Å². The molecule has 1 aliphatic rings. The lowest BCUT2D eigenvalue weighted by atomic mass is 10.3. The zero-order valence-corrected chi connectivity index (χ0v) is 14.5. The maximum atomic E-state index is 13.7. The standard InChI is InChI=1S/C16H14F5N3O2S/c17-12-2-1-3-13(18)15(12)27(25,26)23-11-6-7-24(9-11)14-5-4-10(8-22-14)16(19,20)21/h1-5,8,11,23H,6-7,9H2. The Morgan fingerprint density at radius 2 is 1.78 bits per heavy atom. The Labute approximate surface area is 151 Å². The van der Waals surface area contributed by atoms with Crippen molar-refractivity contribution < 1.29 is 30.4 Å². The summed E-state index contributed by atoms with van der Waals surface area (Å²) in [4.78, 5) is 4.28. The fraction of sp³-hybridized carbons (Fsp3) is 0.312. The van der Waals surface area contributed by atoms with Crippen LogP contribution in [-0.2, 0) is 16.2 Å². The summed E-state index contributed by atoms with van der Waals surface area (Å²) in [6.45, 7) is 0.430. The van der Waals surface area contributed by atoms with Crippen LogP contribution in [0.25, 0.3) is 0 Å². The highest BCUT2D eigenvalue weighted by atomic mass is 32.2. The fourth-order valence-corrected chi connectivity index (χ4v) is 4.22. The molecule has 2 aromatic rings. The molecule has 1 fully saturated rings. The van der Waals surface area contributed by atoms with E-state index in [0.717, 1.165) is 24.3 Å². The summed E-state index contributed by atoms with van der Waals surface area (Å²) in [6.07, 6.45) is -3.50. The van der Waals surface area contributed by atoms with E-state index in [-0.39, 0.29) is 12.4 Å². The first kappa shape index (κ1) is 19.5. The first-order chi connectivity index (χ1) is 12.6.